The van der Waals surface area contributed by atoms with E-state index in [0.717, 1.165) is 0 Å². The van der Waals surface area contributed by atoms with Crippen LogP contribution in [0.3, 0.4) is 0 Å². The lowest BCUT2D eigenvalue weighted by Gasteiger charge is -2.21. The number of anilines is 2. The maximum absolute atomic E-state index is 12.0. The summed E-state index contributed by atoms with van der Waals surface area (Å²) in [5, 5.41) is 3.03. The van der Waals surface area contributed by atoms with Gasteiger partial charge in [-0.05, 0) is 13.8 Å². The number of nitrogen functional groups attached to an aromatic ring is 1. The topological polar surface area (TPSA) is 113 Å². The van der Waals surface area contributed by atoms with Gasteiger partial charge < -0.3 is 20.9 Å². The summed E-state index contributed by atoms with van der Waals surface area (Å²) in [5.41, 5.74) is 6.71. The van der Waals surface area contributed by atoms with E-state index in [1.54, 1.807) is 18.9 Å². The minimum Gasteiger partial charge on any atom is -0.368 e. The van der Waals surface area contributed by atoms with E-state index in [0.29, 0.717) is 23.5 Å². The molecule has 19 heavy (non-hydrogen) atoms. The second-order valence-electron chi connectivity index (χ2n) is 4.25. The highest BCUT2D eigenvalue weighted by Gasteiger charge is 2.18. The smallest absolute Gasteiger partial charge is 0.244 e. The van der Waals surface area contributed by atoms with Crippen LogP contribution in [-0.2, 0) is 4.79 Å². The van der Waals surface area contributed by atoms with Crippen molar-refractivity contribution < 1.29 is 4.79 Å². The van der Waals surface area contributed by atoms with Crippen molar-refractivity contribution in [2.45, 2.75) is 19.9 Å². The number of hydrogen-bond donors (Lipinski definition) is 3. The Bertz CT molecular complexity index is 594. The summed E-state index contributed by atoms with van der Waals surface area (Å²) in [6.45, 7) is 4.34. The molecule has 0 radical (unpaired) electrons. The Labute approximate surface area is 110 Å². The number of likely N-dealkylation sites (N-methyl/N-ethyl adjacent to an activating group) is 1. The van der Waals surface area contributed by atoms with Crippen molar-refractivity contribution in [1.29, 1.82) is 0 Å². The molecule has 2 aromatic rings. The Morgan fingerprint density at radius 1 is 1.58 bits per heavy atom. The number of carbonyl (C=O) groups excluding carboxylic acids is 1. The molecule has 0 aliphatic heterocycles. The molecule has 8 nitrogen and oxygen atoms in total. The Morgan fingerprint density at radius 3 is 3.00 bits per heavy atom. The zero-order valence-corrected chi connectivity index (χ0v) is 11.1. The number of aromatic amines is 1. The van der Waals surface area contributed by atoms with Crippen LogP contribution in [-0.4, -0.2) is 50.4 Å². The minimum absolute atomic E-state index is 0.0210. The van der Waals surface area contributed by atoms with Crippen molar-refractivity contribution in [2.24, 2.45) is 0 Å². The predicted molar refractivity (Wildman–Crippen MR) is 72.5 cm³/mol. The zero-order chi connectivity index (χ0) is 14.0. The number of nitrogens with two attached hydrogens (primary N) is 1. The maximum Gasteiger partial charge on any atom is 0.244 e. The van der Waals surface area contributed by atoms with Crippen LogP contribution in [0.25, 0.3) is 11.2 Å². The number of nitrogens with zero attached hydrogens (tertiary/aromatic N) is 4. The molecule has 102 valence electrons. The molecule has 0 saturated heterocycles. The molecule has 0 fully saturated rings. The SMILES string of the molecule is CCN(C)C(=O)C(C)Nc1nc(N)nc2nc[nH]c12. The fourth-order valence-electron chi connectivity index (χ4n) is 1.71. The van der Waals surface area contributed by atoms with Crippen LogP contribution in [0.1, 0.15) is 13.8 Å². The zero-order valence-electron chi connectivity index (χ0n) is 11.1. The molecule has 0 bridgehead atoms. The van der Waals surface area contributed by atoms with Crippen molar-refractivity contribution in [3.63, 3.8) is 0 Å². The van der Waals surface area contributed by atoms with E-state index >= 15 is 0 Å². The van der Waals surface area contributed by atoms with E-state index in [9.17, 15) is 4.79 Å². The first-order valence-electron chi connectivity index (χ1n) is 6.01. The molecule has 0 aliphatic carbocycles. The van der Waals surface area contributed by atoms with Crippen molar-refractivity contribution in [2.75, 3.05) is 24.6 Å². The number of imidazole rings is 1. The molecule has 2 aromatic heterocycles. The highest BCUT2D eigenvalue weighted by Crippen LogP contribution is 2.18. The number of aromatic nitrogens is 4. The Morgan fingerprint density at radius 2 is 2.32 bits per heavy atom. The molecule has 2 heterocycles. The molecule has 1 amide bonds. The third kappa shape index (κ3) is 2.56. The fraction of sp³-hybridized carbons (Fsp3) is 0.455. The Hall–Kier alpha value is -2.38. The van der Waals surface area contributed by atoms with E-state index in [1.165, 1.54) is 6.33 Å². The number of amides is 1. The monoisotopic (exact) mass is 263 g/mol. The van der Waals surface area contributed by atoms with Crippen LogP contribution in [0.15, 0.2) is 6.33 Å². The number of fused-ring (bicyclic) bond motifs is 1. The van der Waals surface area contributed by atoms with E-state index in [-0.39, 0.29) is 11.9 Å². The second kappa shape index (κ2) is 5.09. The third-order valence-corrected chi connectivity index (χ3v) is 2.88. The van der Waals surface area contributed by atoms with Gasteiger partial charge in [0.05, 0.1) is 6.33 Å². The van der Waals surface area contributed by atoms with Crippen LogP contribution in [0.4, 0.5) is 11.8 Å². The quantitative estimate of drug-likeness (QED) is 0.727. The first-order chi connectivity index (χ1) is 9.02. The summed E-state index contributed by atoms with van der Waals surface area (Å²) in [5.74, 6) is 0.572. The van der Waals surface area contributed by atoms with Gasteiger partial charge in [0.1, 0.15) is 11.6 Å². The van der Waals surface area contributed by atoms with Crippen molar-refractivity contribution in [3.05, 3.63) is 6.33 Å². The molecular formula is C11H17N7O. The lowest BCUT2D eigenvalue weighted by molar-refractivity contribution is -0.130. The predicted octanol–water partition coefficient (Wildman–Crippen LogP) is 0.214. The van der Waals surface area contributed by atoms with Crippen LogP contribution in [0, 0.1) is 0 Å². The fourth-order valence-corrected chi connectivity index (χ4v) is 1.71. The third-order valence-electron chi connectivity index (χ3n) is 2.88. The van der Waals surface area contributed by atoms with Gasteiger partial charge in [-0.3, -0.25) is 4.79 Å². The molecule has 0 saturated carbocycles. The van der Waals surface area contributed by atoms with Crippen LogP contribution >= 0.6 is 0 Å². The van der Waals surface area contributed by atoms with E-state index in [1.807, 2.05) is 6.92 Å². The molecule has 8 heteroatoms. The number of nitrogens with one attached hydrogen (secondary N) is 2. The number of H-pyrrole nitrogens is 1. The second-order valence-corrected chi connectivity index (χ2v) is 4.25. The van der Waals surface area contributed by atoms with Crippen molar-refractivity contribution in [3.8, 4) is 0 Å². The standard InChI is InChI=1S/C11H17N7O/c1-4-18(3)10(19)6(2)15-9-7-8(14-5-13-7)16-11(12)17-9/h5-6H,4H2,1-3H3,(H4,12,13,14,15,16,17). The highest BCUT2D eigenvalue weighted by molar-refractivity contribution is 5.88. The van der Waals surface area contributed by atoms with Gasteiger partial charge >= 0.3 is 0 Å². The van der Waals surface area contributed by atoms with Gasteiger partial charge in [-0.25, -0.2) is 4.98 Å². The van der Waals surface area contributed by atoms with Crippen LogP contribution in [0.5, 0.6) is 0 Å². The van der Waals surface area contributed by atoms with E-state index < -0.39 is 6.04 Å². The summed E-state index contributed by atoms with van der Waals surface area (Å²) < 4.78 is 0. The van der Waals surface area contributed by atoms with Crippen molar-refractivity contribution in [1.82, 2.24) is 24.8 Å². The number of carbonyl (C=O) groups is 1. The first kappa shape index (κ1) is 13.1. The van der Waals surface area contributed by atoms with E-state index in [4.69, 9.17) is 5.73 Å². The molecule has 0 spiro atoms. The summed E-state index contributed by atoms with van der Waals surface area (Å²) in [4.78, 5) is 28.7. The molecule has 4 N–H and O–H groups in total. The average molecular weight is 263 g/mol. The molecule has 1 unspecified atom stereocenters. The normalized spacial score (nSPS) is 12.4. The first-order valence-corrected chi connectivity index (χ1v) is 6.01. The van der Waals surface area contributed by atoms with Gasteiger partial charge in [0.2, 0.25) is 11.9 Å². The number of hydrogen-bond acceptors (Lipinski definition) is 6. The van der Waals surface area contributed by atoms with Gasteiger partial charge in [0.15, 0.2) is 11.5 Å². The van der Waals surface area contributed by atoms with Crippen LogP contribution < -0.4 is 11.1 Å². The van der Waals surface area contributed by atoms with E-state index in [2.05, 4.69) is 25.3 Å². The van der Waals surface area contributed by atoms with Gasteiger partial charge in [-0.15, -0.1) is 0 Å². The van der Waals surface area contributed by atoms with Crippen LogP contribution in [0.2, 0.25) is 0 Å². The molecule has 0 aliphatic rings. The van der Waals surface area contributed by atoms with Gasteiger partial charge in [-0.1, -0.05) is 0 Å². The average Bonchev–Trinajstić information content (AvgIpc) is 2.84. The molecule has 1 atom stereocenters. The Balaban J connectivity index is 2.26. The van der Waals surface area contributed by atoms with Gasteiger partial charge in [-0.2, -0.15) is 9.97 Å². The molecule has 0 aromatic carbocycles. The number of rotatable bonds is 4. The van der Waals surface area contributed by atoms with Crippen molar-refractivity contribution >= 4 is 28.8 Å². The highest BCUT2D eigenvalue weighted by atomic mass is 16.2. The largest absolute Gasteiger partial charge is 0.368 e. The lowest BCUT2D eigenvalue weighted by atomic mass is 10.3. The molecule has 2 rings (SSSR count). The lowest BCUT2D eigenvalue weighted by Crippen LogP contribution is -2.39. The minimum atomic E-state index is -0.411. The molecular weight excluding hydrogens is 246 g/mol. The van der Waals surface area contributed by atoms with Gasteiger partial charge in [0, 0.05) is 13.6 Å². The Kier molecular flexibility index (Phi) is 3.50. The maximum atomic E-state index is 12.0. The summed E-state index contributed by atoms with van der Waals surface area (Å²) in [7, 11) is 1.75. The van der Waals surface area contributed by atoms with Gasteiger partial charge in [0.25, 0.3) is 0 Å². The summed E-state index contributed by atoms with van der Waals surface area (Å²) in [6, 6.07) is -0.411. The summed E-state index contributed by atoms with van der Waals surface area (Å²) in [6.07, 6.45) is 1.51. The summed E-state index contributed by atoms with van der Waals surface area (Å²) >= 11 is 0.